The van der Waals surface area contributed by atoms with Crippen molar-refractivity contribution in [3.8, 4) is 0 Å². The fraction of sp³-hybridized carbons (Fsp3) is 0.647. The molecule has 0 aromatic heterocycles. The number of likely N-dealkylation sites (tertiary alicyclic amines) is 1. The minimum absolute atomic E-state index is 0.00594. The van der Waals surface area contributed by atoms with Gasteiger partial charge in [0.15, 0.2) is 0 Å². The third-order valence-corrected chi connectivity index (χ3v) is 4.54. The number of hydrogen-bond acceptors (Lipinski definition) is 2. The molecular weight excluding hydrogens is 270 g/mol. The molecule has 0 spiro atoms. The molecule has 2 nitrogen and oxygen atoms in total. The van der Waals surface area contributed by atoms with Crippen molar-refractivity contribution in [2.75, 3.05) is 26.2 Å². The van der Waals surface area contributed by atoms with E-state index in [0.717, 1.165) is 50.5 Å². The van der Waals surface area contributed by atoms with Crippen molar-refractivity contribution in [3.05, 3.63) is 35.4 Å². The van der Waals surface area contributed by atoms with Crippen LogP contribution in [0.15, 0.2) is 18.2 Å². The number of halogens is 2. The van der Waals surface area contributed by atoms with E-state index < -0.39 is 11.6 Å². The quantitative estimate of drug-likeness (QED) is 0.863. The molecule has 118 valence electrons. The highest BCUT2D eigenvalue weighted by molar-refractivity contribution is 5.21. The van der Waals surface area contributed by atoms with Crippen molar-refractivity contribution in [2.45, 2.75) is 33.2 Å². The van der Waals surface area contributed by atoms with E-state index in [4.69, 9.17) is 0 Å². The maximum absolute atomic E-state index is 13.4. The first-order valence-electron chi connectivity index (χ1n) is 7.91. The monoisotopic (exact) mass is 296 g/mol. The van der Waals surface area contributed by atoms with Gasteiger partial charge in [0, 0.05) is 25.2 Å². The molecule has 1 saturated heterocycles. The van der Waals surface area contributed by atoms with Crippen LogP contribution in [0, 0.1) is 23.5 Å². The Hall–Kier alpha value is -1.00. The summed E-state index contributed by atoms with van der Waals surface area (Å²) in [6.07, 6.45) is 0.871. The number of nitrogens with zero attached hydrogens (tertiary/aromatic N) is 1. The Morgan fingerprint density at radius 3 is 2.24 bits per heavy atom. The minimum atomic E-state index is -0.503. The molecule has 0 saturated carbocycles. The summed E-state index contributed by atoms with van der Waals surface area (Å²) in [5, 5.41) is 3.34. The van der Waals surface area contributed by atoms with Crippen molar-refractivity contribution >= 4 is 0 Å². The first kappa shape index (κ1) is 16.4. The molecule has 0 radical (unpaired) electrons. The van der Waals surface area contributed by atoms with Crippen LogP contribution in [0.5, 0.6) is 0 Å². The lowest BCUT2D eigenvalue weighted by Crippen LogP contribution is -2.28. The Balaban J connectivity index is 1.99. The van der Waals surface area contributed by atoms with Crippen LogP contribution in [0.3, 0.4) is 0 Å². The summed E-state index contributed by atoms with van der Waals surface area (Å²) in [4.78, 5) is 2.45. The third kappa shape index (κ3) is 4.48. The molecule has 0 bridgehead atoms. The highest BCUT2D eigenvalue weighted by Gasteiger charge is 2.26. The van der Waals surface area contributed by atoms with Crippen molar-refractivity contribution in [3.63, 3.8) is 0 Å². The molecule has 0 aliphatic carbocycles. The highest BCUT2D eigenvalue weighted by Crippen LogP contribution is 2.25. The van der Waals surface area contributed by atoms with Gasteiger partial charge in [0.25, 0.3) is 0 Å². The second-order valence-corrected chi connectivity index (χ2v) is 6.32. The Bertz CT molecular complexity index is 434. The normalized spacial score (nSPS) is 24.4. The molecule has 3 unspecified atom stereocenters. The molecule has 1 heterocycles. The molecule has 1 N–H and O–H groups in total. The lowest BCUT2D eigenvalue weighted by atomic mass is 10.0. The largest absolute Gasteiger partial charge is 0.310 e. The number of rotatable bonds is 6. The highest BCUT2D eigenvalue weighted by atomic mass is 19.1. The summed E-state index contributed by atoms with van der Waals surface area (Å²) < 4.78 is 26.8. The van der Waals surface area contributed by atoms with E-state index in [-0.39, 0.29) is 6.04 Å². The molecule has 2 rings (SSSR count). The standard InChI is InChI=1S/C17H26F2N2/c1-4-20-17(14-7-15(18)9-16(19)8-14)5-6-21-10-12(2)13(3)11-21/h7-9,12-13,17,20H,4-6,10-11H2,1-3H3. The summed E-state index contributed by atoms with van der Waals surface area (Å²) in [6, 6.07) is 3.81. The summed E-state index contributed by atoms with van der Waals surface area (Å²) >= 11 is 0. The minimum Gasteiger partial charge on any atom is -0.310 e. The van der Waals surface area contributed by atoms with Crippen LogP contribution in [0.1, 0.15) is 38.8 Å². The van der Waals surface area contributed by atoms with E-state index in [1.165, 1.54) is 12.1 Å². The van der Waals surface area contributed by atoms with Crippen LogP contribution < -0.4 is 5.32 Å². The Kier molecular flexibility index (Phi) is 5.71. The second kappa shape index (κ2) is 7.32. The van der Waals surface area contributed by atoms with Gasteiger partial charge in [-0.2, -0.15) is 0 Å². The van der Waals surface area contributed by atoms with Crippen LogP contribution in [-0.4, -0.2) is 31.1 Å². The van der Waals surface area contributed by atoms with Crippen LogP contribution >= 0.6 is 0 Å². The lowest BCUT2D eigenvalue weighted by Gasteiger charge is -2.22. The Morgan fingerprint density at radius 1 is 1.14 bits per heavy atom. The lowest BCUT2D eigenvalue weighted by molar-refractivity contribution is 0.299. The predicted octanol–water partition coefficient (Wildman–Crippen LogP) is 3.59. The van der Waals surface area contributed by atoms with Gasteiger partial charge in [-0.1, -0.05) is 20.8 Å². The van der Waals surface area contributed by atoms with E-state index >= 15 is 0 Å². The zero-order valence-corrected chi connectivity index (χ0v) is 13.2. The maximum Gasteiger partial charge on any atom is 0.126 e. The van der Waals surface area contributed by atoms with Crippen molar-refractivity contribution < 1.29 is 8.78 Å². The third-order valence-electron chi connectivity index (χ3n) is 4.54. The van der Waals surface area contributed by atoms with Gasteiger partial charge in [0.2, 0.25) is 0 Å². The summed E-state index contributed by atoms with van der Waals surface area (Å²) in [6.45, 7) is 10.6. The molecule has 21 heavy (non-hydrogen) atoms. The van der Waals surface area contributed by atoms with Crippen molar-refractivity contribution in [2.24, 2.45) is 11.8 Å². The molecule has 1 aromatic carbocycles. The molecule has 1 fully saturated rings. The van der Waals surface area contributed by atoms with Crippen LogP contribution in [-0.2, 0) is 0 Å². The van der Waals surface area contributed by atoms with Gasteiger partial charge in [-0.25, -0.2) is 8.78 Å². The molecule has 1 aliphatic heterocycles. The molecule has 0 amide bonds. The van der Waals surface area contributed by atoms with E-state index in [1.807, 2.05) is 6.92 Å². The van der Waals surface area contributed by atoms with Gasteiger partial charge in [0.05, 0.1) is 0 Å². The summed E-state index contributed by atoms with van der Waals surface area (Å²) in [5.41, 5.74) is 0.703. The first-order valence-corrected chi connectivity index (χ1v) is 7.91. The van der Waals surface area contributed by atoms with Gasteiger partial charge in [0.1, 0.15) is 11.6 Å². The molecule has 4 heteroatoms. The van der Waals surface area contributed by atoms with E-state index in [0.29, 0.717) is 5.56 Å². The first-order chi connectivity index (χ1) is 9.99. The molecular formula is C17H26F2N2. The van der Waals surface area contributed by atoms with Gasteiger partial charge < -0.3 is 10.2 Å². The molecule has 1 aromatic rings. The van der Waals surface area contributed by atoms with Crippen LogP contribution in [0.4, 0.5) is 8.78 Å². The molecule has 1 aliphatic rings. The summed E-state index contributed by atoms with van der Waals surface area (Å²) in [5.74, 6) is 0.455. The predicted molar refractivity (Wildman–Crippen MR) is 82.2 cm³/mol. The van der Waals surface area contributed by atoms with Gasteiger partial charge in [-0.3, -0.25) is 0 Å². The van der Waals surface area contributed by atoms with Gasteiger partial charge in [-0.05, 0) is 49.0 Å². The average Bonchev–Trinajstić information content (AvgIpc) is 2.72. The van der Waals surface area contributed by atoms with Crippen molar-refractivity contribution in [1.29, 1.82) is 0 Å². The smallest absolute Gasteiger partial charge is 0.126 e. The Morgan fingerprint density at radius 2 is 1.71 bits per heavy atom. The number of nitrogens with one attached hydrogen (secondary N) is 1. The van der Waals surface area contributed by atoms with E-state index in [1.54, 1.807) is 0 Å². The van der Waals surface area contributed by atoms with Gasteiger partial charge in [-0.15, -0.1) is 0 Å². The zero-order valence-electron chi connectivity index (χ0n) is 13.2. The van der Waals surface area contributed by atoms with Crippen LogP contribution in [0.25, 0.3) is 0 Å². The summed E-state index contributed by atoms with van der Waals surface area (Å²) in [7, 11) is 0. The topological polar surface area (TPSA) is 15.3 Å². The number of benzene rings is 1. The Labute approximate surface area is 126 Å². The SMILES string of the molecule is CCNC(CCN1CC(C)C(C)C1)c1cc(F)cc(F)c1. The van der Waals surface area contributed by atoms with E-state index in [9.17, 15) is 8.78 Å². The zero-order chi connectivity index (χ0) is 15.4. The average molecular weight is 296 g/mol. The van der Waals surface area contributed by atoms with Crippen molar-refractivity contribution in [1.82, 2.24) is 10.2 Å². The van der Waals surface area contributed by atoms with E-state index in [2.05, 4.69) is 24.1 Å². The van der Waals surface area contributed by atoms with Gasteiger partial charge >= 0.3 is 0 Å². The second-order valence-electron chi connectivity index (χ2n) is 6.32. The maximum atomic E-state index is 13.4. The molecule has 3 atom stereocenters. The fourth-order valence-corrected chi connectivity index (χ4v) is 3.15. The fourth-order valence-electron chi connectivity index (χ4n) is 3.15. The van der Waals surface area contributed by atoms with Crippen LogP contribution in [0.2, 0.25) is 0 Å². The number of hydrogen-bond donors (Lipinski definition) is 1.